The van der Waals surface area contributed by atoms with Gasteiger partial charge < -0.3 is 4.74 Å². The zero-order valence-electron chi connectivity index (χ0n) is 11.8. The fourth-order valence-electron chi connectivity index (χ4n) is 3.09. The quantitative estimate of drug-likeness (QED) is 0.484. The normalized spacial score (nSPS) is 25.2. The largest absolute Gasteiger partial charge is 0.469 e. The molecule has 2 rings (SSSR count). The minimum absolute atomic E-state index is 0.0371. The molecular formula is C13H18ClN3O3. The molecule has 20 heavy (non-hydrogen) atoms. The number of nitrogens with zero attached hydrogens (tertiary/aromatic N) is 3. The predicted octanol–water partition coefficient (Wildman–Crippen LogP) is 3.63. The Morgan fingerprint density at radius 2 is 2.15 bits per heavy atom. The SMILES string of the molecule is CC1CC(Oc2ncnc(Cl)c2[N+](=O)[O-])CC(C)(C)C1. The summed E-state index contributed by atoms with van der Waals surface area (Å²) in [6.07, 6.45) is 3.93. The van der Waals surface area contributed by atoms with Gasteiger partial charge in [-0.1, -0.05) is 32.4 Å². The first-order valence-electron chi connectivity index (χ1n) is 6.60. The summed E-state index contributed by atoms with van der Waals surface area (Å²) >= 11 is 5.75. The van der Waals surface area contributed by atoms with E-state index >= 15 is 0 Å². The third kappa shape index (κ3) is 3.36. The molecule has 7 heteroatoms. The summed E-state index contributed by atoms with van der Waals surface area (Å²) in [5.74, 6) is 0.477. The van der Waals surface area contributed by atoms with Crippen molar-refractivity contribution in [1.29, 1.82) is 0 Å². The van der Waals surface area contributed by atoms with E-state index in [-0.39, 0.29) is 28.2 Å². The lowest BCUT2D eigenvalue weighted by molar-refractivity contribution is -0.386. The summed E-state index contributed by atoms with van der Waals surface area (Å²) in [7, 11) is 0. The van der Waals surface area contributed by atoms with Crippen molar-refractivity contribution in [3.05, 3.63) is 21.6 Å². The molecule has 1 aliphatic rings. The van der Waals surface area contributed by atoms with Crippen LogP contribution in [0.1, 0.15) is 40.0 Å². The number of rotatable bonds is 3. The number of nitro groups is 1. The molecule has 1 aromatic rings. The Kier molecular flexibility index (Phi) is 4.13. The Bertz CT molecular complexity index is 522. The van der Waals surface area contributed by atoms with E-state index in [2.05, 4.69) is 30.7 Å². The van der Waals surface area contributed by atoms with Crippen LogP contribution < -0.4 is 4.74 Å². The Hall–Kier alpha value is -1.43. The molecule has 0 radical (unpaired) electrons. The molecule has 0 N–H and O–H groups in total. The molecule has 110 valence electrons. The number of halogens is 1. The van der Waals surface area contributed by atoms with Crippen molar-refractivity contribution in [2.45, 2.75) is 46.1 Å². The molecule has 1 saturated carbocycles. The van der Waals surface area contributed by atoms with Crippen molar-refractivity contribution < 1.29 is 9.66 Å². The van der Waals surface area contributed by atoms with Crippen LogP contribution in [0.25, 0.3) is 0 Å². The van der Waals surface area contributed by atoms with Gasteiger partial charge in [0.25, 0.3) is 5.88 Å². The molecule has 1 aromatic heterocycles. The monoisotopic (exact) mass is 299 g/mol. The fraction of sp³-hybridized carbons (Fsp3) is 0.692. The van der Waals surface area contributed by atoms with Gasteiger partial charge in [0.15, 0.2) is 0 Å². The average Bonchev–Trinajstić information content (AvgIpc) is 2.25. The zero-order chi connectivity index (χ0) is 14.9. The lowest BCUT2D eigenvalue weighted by Crippen LogP contribution is -2.34. The standard InChI is InChI=1S/C13H18ClN3O3/c1-8-4-9(6-13(2,3)5-8)20-12-10(17(18)19)11(14)15-7-16-12/h7-9H,4-6H2,1-3H3. The minimum Gasteiger partial charge on any atom is -0.469 e. The number of aromatic nitrogens is 2. The van der Waals surface area contributed by atoms with Gasteiger partial charge in [-0.2, -0.15) is 4.98 Å². The van der Waals surface area contributed by atoms with Crippen LogP contribution in [-0.4, -0.2) is 21.0 Å². The Labute approximate surface area is 122 Å². The Morgan fingerprint density at radius 1 is 1.45 bits per heavy atom. The van der Waals surface area contributed by atoms with Gasteiger partial charge in [0.1, 0.15) is 12.4 Å². The third-order valence-electron chi connectivity index (χ3n) is 3.55. The van der Waals surface area contributed by atoms with Gasteiger partial charge in [-0.3, -0.25) is 10.1 Å². The van der Waals surface area contributed by atoms with Gasteiger partial charge in [-0.15, -0.1) is 0 Å². The van der Waals surface area contributed by atoms with Gasteiger partial charge in [0, 0.05) is 0 Å². The highest BCUT2D eigenvalue weighted by Crippen LogP contribution is 2.41. The molecule has 1 aliphatic carbocycles. The first-order valence-corrected chi connectivity index (χ1v) is 6.98. The van der Waals surface area contributed by atoms with Gasteiger partial charge in [-0.25, -0.2) is 4.98 Å². The first-order chi connectivity index (χ1) is 9.28. The van der Waals surface area contributed by atoms with E-state index in [0.717, 1.165) is 19.3 Å². The van der Waals surface area contributed by atoms with Crippen LogP contribution >= 0.6 is 11.6 Å². The summed E-state index contributed by atoms with van der Waals surface area (Å²) in [5.41, 5.74) is -0.196. The molecule has 0 amide bonds. The second-order valence-corrected chi connectivity index (χ2v) is 6.59. The summed E-state index contributed by atoms with van der Waals surface area (Å²) in [5, 5.41) is 10.8. The van der Waals surface area contributed by atoms with Crippen molar-refractivity contribution in [1.82, 2.24) is 9.97 Å². The topological polar surface area (TPSA) is 78.2 Å². The fourth-order valence-corrected chi connectivity index (χ4v) is 3.28. The molecule has 6 nitrogen and oxygen atoms in total. The molecule has 0 bridgehead atoms. The van der Waals surface area contributed by atoms with Crippen LogP contribution in [0, 0.1) is 21.4 Å². The number of hydrogen-bond acceptors (Lipinski definition) is 5. The maximum Gasteiger partial charge on any atom is 0.367 e. The van der Waals surface area contributed by atoms with Crippen molar-refractivity contribution in [3.8, 4) is 5.88 Å². The lowest BCUT2D eigenvalue weighted by Gasteiger charge is -2.38. The molecule has 2 atom stereocenters. The van der Waals surface area contributed by atoms with E-state index in [1.165, 1.54) is 6.33 Å². The van der Waals surface area contributed by atoms with Crippen molar-refractivity contribution in [2.75, 3.05) is 0 Å². The van der Waals surface area contributed by atoms with Crippen LogP contribution in [0.3, 0.4) is 0 Å². The van der Waals surface area contributed by atoms with Gasteiger partial charge in [-0.05, 0) is 30.6 Å². The molecule has 1 heterocycles. The van der Waals surface area contributed by atoms with Crippen molar-refractivity contribution in [2.24, 2.45) is 11.3 Å². The van der Waals surface area contributed by atoms with E-state index in [0.29, 0.717) is 5.92 Å². The van der Waals surface area contributed by atoms with Crippen LogP contribution in [0.15, 0.2) is 6.33 Å². The molecule has 1 fully saturated rings. The molecule has 2 unspecified atom stereocenters. The number of hydrogen-bond donors (Lipinski definition) is 0. The zero-order valence-corrected chi connectivity index (χ0v) is 12.6. The van der Waals surface area contributed by atoms with Crippen molar-refractivity contribution in [3.63, 3.8) is 0 Å². The van der Waals surface area contributed by atoms with Crippen LogP contribution in [0.4, 0.5) is 5.69 Å². The highest BCUT2D eigenvalue weighted by Gasteiger charge is 2.35. The van der Waals surface area contributed by atoms with Crippen molar-refractivity contribution >= 4 is 17.3 Å². The van der Waals surface area contributed by atoms with Crippen LogP contribution in [0.5, 0.6) is 5.88 Å². The van der Waals surface area contributed by atoms with E-state index in [4.69, 9.17) is 16.3 Å². The molecule has 0 saturated heterocycles. The highest BCUT2D eigenvalue weighted by molar-refractivity contribution is 6.31. The van der Waals surface area contributed by atoms with Gasteiger partial charge in [0.05, 0.1) is 4.92 Å². The van der Waals surface area contributed by atoms with E-state index in [9.17, 15) is 10.1 Å². The highest BCUT2D eigenvalue weighted by atomic mass is 35.5. The molecule has 0 aromatic carbocycles. The Morgan fingerprint density at radius 3 is 2.75 bits per heavy atom. The predicted molar refractivity (Wildman–Crippen MR) is 74.9 cm³/mol. The average molecular weight is 300 g/mol. The number of ether oxygens (including phenoxy) is 1. The Balaban J connectivity index is 2.22. The summed E-state index contributed by atoms with van der Waals surface area (Å²) < 4.78 is 5.76. The maximum absolute atomic E-state index is 11.0. The summed E-state index contributed by atoms with van der Waals surface area (Å²) in [4.78, 5) is 17.9. The second-order valence-electron chi connectivity index (χ2n) is 6.23. The molecule has 0 aliphatic heterocycles. The van der Waals surface area contributed by atoms with E-state index in [1.807, 2.05) is 0 Å². The second kappa shape index (κ2) is 5.52. The lowest BCUT2D eigenvalue weighted by atomic mass is 9.71. The smallest absolute Gasteiger partial charge is 0.367 e. The minimum atomic E-state index is -0.602. The summed E-state index contributed by atoms with van der Waals surface area (Å²) in [6.45, 7) is 6.53. The van der Waals surface area contributed by atoms with Crippen LogP contribution in [-0.2, 0) is 0 Å². The molecular weight excluding hydrogens is 282 g/mol. The first kappa shape index (κ1) is 15.0. The molecule has 0 spiro atoms. The van der Waals surface area contributed by atoms with Crippen LogP contribution in [0.2, 0.25) is 5.15 Å². The van der Waals surface area contributed by atoms with Gasteiger partial charge in [0.2, 0.25) is 5.15 Å². The summed E-state index contributed by atoms with van der Waals surface area (Å²) in [6, 6.07) is 0. The third-order valence-corrected chi connectivity index (χ3v) is 3.83. The maximum atomic E-state index is 11.0. The van der Waals surface area contributed by atoms with E-state index < -0.39 is 4.92 Å². The van der Waals surface area contributed by atoms with Gasteiger partial charge >= 0.3 is 5.69 Å². The van der Waals surface area contributed by atoms with E-state index in [1.54, 1.807) is 0 Å².